The molecule has 1 amide bonds. The maximum atomic E-state index is 11.7. The van der Waals surface area contributed by atoms with Gasteiger partial charge in [-0.25, -0.2) is 0 Å². The summed E-state index contributed by atoms with van der Waals surface area (Å²) in [6.45, 7) is 5.16. The van der Waals surface area contributed by atoms with Crippen molar-refractivity contribution in [1.29, 1.82) is 0 Å². The summed E-state index contributed by atoms with van der Waals surface area (Å²) in [5.41, 5.74) is 2.18. The summed E-state index contributed by atoms with van der Waals surface area (Å²) in [4.78, 5) is 11.7. The molecule has 3 nitrogen and oxygen atoms in total. The molecule has 22 heavy (non-hydrogen) atoms. The molecule has 0 spiro atoms. The maximum Gasteiger partial charge on any atom is 0.220 e. The predicted octanol–water partition coefficient (Wildman–Crippen LogP) is 3.93. The van der Waals surface area contributed by atoms with Crippen LogP contribution in [0.15, 0.2) is 54.6 Å². The van der Waals surface area contributed by atoms with E-state index in [-0.39, 0.29) is 5.91 Å². The highest BCUT2D eigenvalue weighted by Crippen LogP contribution is 2.15. The van der Waals surface area contributed by atoms with E-state index in [9.17, 15) is 4.79 Å². The highest BCUT2D eigenvalue weighted by molar-refractivity contribution is 5.76. The number of carbonyl (C=O) groups excluding carboxylic acids is 1. The molecule has 0 fully saturated rings. The van der Waals surface area contributed by atoms with Crippen molar-refractivity contribution in [1.82, 2.24) is 5.32 Å². The van der Waals surface area contributed by atoms with Crippen LogP contribution >= 0.6 is 0 Å². The molecule has 0 saturated carbocycles. The van der Waals surface area contributed by atoms with Crippen molar-refractivity contribution in [3.8, 4) is 5.75 Å². The molecule has 116 valence electrons. The first-order chi connectivity index (χ1) is 10.6. The van der Waals surface area contributed by atoms with Crippen molar-refractivity contribution < 1.29 is 9.53 Å². The Hall–Kier alpha value is -2.29. The summed E-state index contributed by atoms with van der Waals surface area (Å²) < 4.78 is 5.79. The molecular formula is C19H23NO2. The molecule has 0 aromatic heterocycles. The summed E-state index contributed by atoms with van der Waals surface area (Å²) in [6.07, 6.45) is 0.560. The van der Waals surface area contributed by atoms with Gasteiger partial charge in [-0.15, -0.1) is 0 Å². The summed E-state index contributed by atoms with van der Waals surface area (Å²) in [7, 11) is 0. The average molecular weight is 297 g/mol. The van der Waals surface area contributed by atoms with Gasteiger partial charge in [-0.05, 0) is 29.2 Å². The number of hydrogen-bond acceptors (Lipinski definition) is 2. The monoisotopic (exact) mass is 297 g/mol. The van der Waals surface area contributed by atoms with Gasteiger partial charge in [0.2, 0.25) is 5.91 Å². The molecule has 0 aliphatic carbocycles. The molecule has 0 bridgehead atoms. The van der Waals surface area contributed by atoms with E-state index in [4.69, 9.17) is 4.74 Å². The fraction of sp³-hybridized carbons (Fsp3) is 0.316. The molecule has 0 aliphatic heterocycles. The van der Waals surface area contributed by atoms with E-state index in [2.05, 4.69) is 5.32 Å². The molecule has 0 unspecified atom stereocenters. The lowest BCUT2D eigenvalue weighted by molar-refractivity contribution is -0.121. The van der Waals surface area contributed by atoms with Crippen LogP contribution in [-0.4, -0.2) is 5.91 Å². The van der Waals surface area contributed by atoms with Crippen LogP contribution < -0.4 is 10.1 Å². The van der Waals surface area contributed by atoms with Crippen molar-refractivity contribution >= 4 is 5.91 Å². The number of hydrogen-bond donors (Lipinski definition) is 1. The van der Waals surface area contributed by atoms with E-state index in [1.807, 2.05) is 68.4 Å². The molecule has 0 radical (unpaired) electrons. The SMILES string of the molecule is CC(C)CC(=O)NCc1cccc(OCc2ccccc2)c1. The van der Waals surface area contributed by atoms with Gasteiger partial charge in [0.05, 0.1) is 0 Å². The summed E-state index contributed by atoms with van der Waals surface area (Å²) >= 11 is 0. The number of rotatable bonds is 7. The third kappa shape index (κ3) is 5.60. The van der Waals surface area contributed by atoms with Crippen molar-refractivity contribution in [2.45, 2.75) is 33.4 Å². The molecule has 1 N–H and O–H groups in total. The first-order valence-electron chi connectivity index (χ1n) is 7.66. The second-order valence-corrected chi connectivity index (χ2v) is 5.80. The van der Waals surface area contributed by atoms with Gasteiger partial charge in [-0.1, -0.05) is 56.3 Å². The quantitative estimate of drug-likeness (QED) is 0.841. The minimum Gasteiger partial charge on any atom is -0.489 e. The van der Waals surface area contributed by atoms with Crippen LogP contribution in [0.3, 0.4) is 0 Å². The Morgan fingerprint density at radius 2 is 1.77 bits per heavy atom. The second kappa shape index (κ2) is 8.23. The lowest BCUT2D eigenvalue weighted by Gasteiger charge is -2.10. The van der Waals surface area contributed by atoms with E-state index in [1.165, 1.54) is 0 Å². The first-order valence-corrected chi connectivity index (χ1v) is 7.66. The van der Waals surface area contributed by atoms with Crippen LogP contribution in [0, 0.1) is 5.92 Å². The zero-order valence-corrected chi connectivity index (χ0v) is 13.2. The zero-order chi connectivity index (χ0) is 15.8. The molecule has 0 atom stereocenters. The van der Waals surface area contributed by atoms with Gasteiger partial charge in [0, 0.05) is 13.0 Å². The highest BCUT2D eigenvalue weighted by atomic mass is 16.5. The normalized spacial score (nSPS) is 10.5. The summed E-state index contributed by atoms with van der Waals surface area (Å²) in [5, 5.41) is 2.94. The summed E-state index contributed by atoms with van der Waals surface area (Å²) in [6, 6.07) is 17.9. The standard InChI is InChI=1S/C19H23NO2/c1-15(2)11-19(21)20-13-17-9-6-10-18(12-17)22-14-16-7-4-3-5-8-16/h3-10,12,15H,11,13-14H2,1-2H3,(H,20,21). The van der Waals surface area contributed by atoms with Gasteiger partial charge in [-0.2, -0.15) is 0 Å². The molecule has 0 heterocycles. The van der Waals surface area contributed by atoms with Crippen LogP contribution in [0.4, 0.5) is 0 Å². The van der Waals surface area contributed by atoms with Crippen LogP contribution in [-0.2, 0) is 17.9 Å². The number of carbonyl (C=O) groups is 1. The molecular weight excluding hydrogens is 274 g/mol. The van der Waals surface area contributed by atoms with Gasteiger partial charge in [0.1, 0.15) is 12.4 Å². The Morgan fingerprint density at radius 3 is 2.50 bits per heavy atom. The third-order valence-corrected chi connectivity index (χ3v) is 3.23. The largest absolute Gasteiger partial charge is 0.489 e. The van der Waals surface area contributed by atoms with Crippen LogP contribution in [0.2, 0.25) is 0 Å². The fourth-order valence-electron chi connectivity index (χ4n) is 2.13. The number of amides is 1. The van der Waals surface area contributed by atoms with Crippen LogP contribution in [0.25, 0.3) is 0 Å². The van der Waals surface area contributed by atoms with Crippen molar-refractivity contribution in [2.75, 3.05) is 0 Å². The first kappa shape index (κ1) is 16.1. The molecule has 2 aromatic rings. The van der Waals surface area contributed by atoms with Gasteiger partial charge >= 0.3 is 0 Å². The lowest BCUT2D eigenvalue weighted by atomic mass is 10.1. The number of ether oxygens (including phenoxy) is 1. The minimum atomic E-state index is 0.0885. The summed E-state index contributed by atoms with van der Waals surface area (Å²) in [5.74, 6) is 1.28. The van der Waals surface area contributed by atoms with E-state index >= 15 is 0 Å². The Labute approximate surface area is 132 Å². The smallest absolute Gasteiger partial charge is 0.220 e. The molecule has 0 saturated heterocycles. The maximum absolute atomic E-state index is 11.7. The van der Waals surface area contributed by atoms with E-state index in [1.54, 1.807) is 0 Å². The molecule has 3 heteroatoms. The van der Waals surface area contributed by atoms with Gasteiger partial charge in [0.25, 0.3) is 0 Å². The topological polar surface area (TPSA) is 38.3 Å². The van der Waals surface area contributed by atoms with Gasteiger partial charge in [-0.3, -0.25) is 4.79 Å². The molecule has 2 aromatic carbocycles. The number of benzene rings is 2. The van der Waals surface area contributed by atoms with E-state index in [0.29, 0.717) is 25.5 Å². The minimum absolute atomic E-state index is 0.0885. The lowest BCUT2D eigenvalue weighted by Crippen LogP contribution is -2.23. The van der Waals surface area contributed by atoms with Crippen molar-refractivity contribution in [3.05, 3.63) is 65.7 Å². The zero-order valence-electron chi connectivity index (χ0n) is 13.2. The molecule has 2 rings (SSSR count). The van der Waals surface area contributed by atoms with Gasteiger partial charge in [0.15, 0.2) is 0 Å². The Kier molecular flexibility index (Phi) is 6.01. The molecule has 0 aliphatic rings. The van der Waals surface area contributed by atoms with Crippen LogP contribution in [0.1, 0.15) is 31.4 Å². The Balaban J connectivity index is 1.86. The third-order valence-electron chi connectivity index (χ3n) is 3.23. The highest BCUT2D eigenvalue weighted by Gasteiger charge is 2.05. The predicted molar refractivity (Wildman–Crippen MR) is 88.5 cm³/mol. The van der Waals surface area contributed by atoms with Crippen LogP contribution in [0.5, 0.6) is 5.75 Å². The Morgan fingerprint density at radius 1 is 1.05 bits per heavy atom. The van der Waals surface area contributed by atoms with E-state index < -0.39 is 0 Å². The second-order valence-electron chi connectivity index (χ2n) is 5.80. The fourth-order valence-corrected chi connectivity index (χ4v) is 2.13. The van der Waals surface area contributed by atoms with Gasteiger partial charge < -0.3 is 10.1 Å². The average Bonchev–Trinajstić information content (AvgIpc) is 2.52. The Bertz CT molecular complexity index is 593. The van der Waals surface area contributed by atoms with Crippen molar-refractivity contribution in [2.24, 2.45) is 5.92 Å². The van der Waals surface area contributed by atoms with E-state index in [0.717, 1.165) is 16.9 Å². The van der Waals surface area contributed by atoms with Crippen molar-refractivity contribution in [3.63, 3.8) is 0 Å². The number of nitrogens with one attached hydrogen (secondary N) is 1.